The van der Waals surface area contributed by atoms with Crippen LogP contribution < -0.4 is 15.3 Å². The topological polar surface area (TPSA) is 123 Å². The SMILES string of the molecule is CS(=O)(=O)N1CCC(O)(c2ccc(N3CCN(OC(=O)NC4[C@@H]5CC6C[C@H]4CC(O)(C6)C5)c4ccccc43)cc2)CC1. The summed E-state index contributed by atoms with van der Waals surface area (Å²) < 4.78 is 25.2. The monoisotopic (exact) mass is 596 g/mol. The molecule has 2 aromatic rings. The lowest BCUT2D eigenvalue weighted by Crippen LogP contribution is -2.62. The van der Waals surface area contributed by atoms with Gasteiger partial charge in [0.2, 0.25) is 10.0 Å². The van der Waals surface area contributed by atoms with Crippen LogP contribution in [0.2, 0.25) is 0 Å². The first-order valence-electron chi connectivity index (χ1n) is 15.1. The van der Waals surface area contributed by atoms with Gasteiger partial charge in [-0.15, -0.1) is 0 Å². The van der Waals surface area contributed by atoms with Crippen LogP contribution in [0, 0.1) is 17.8 Å². The van der Waals surface area contributed by atoms with Crippen molar-refractivity contribution in [2.75, 3.05) is 42.4 Å². The lowest BCUT2D eigenvalue weighted by atomic mass is 9.52. The van der Waals surface area contributed by atoms with Crippen molar-refractivity contribution in [3.05, 3.63) is 54.1 Å². The number of benzene rings is 2. The number of aliphatic hydroxyl groups is 2. The van der Waals surface area contributed by atoms with Crippen LogP contribution in [0.5, 0.6) is 0 Å². The van der Waals surface area contributed by atoms with E-state index >= 15 is 0 Å². The zero-order valence-corrected chi connectivity index (χ0v) is 24.8. The van der Waals surface area contributed by atoms with Crippen LogP contribution in [-0.2, 0) is 20.5 Å². The average molecular weight is 597 g/mol. The summed E-state index contributed by atoms with van der Waals surface area (Å²) in [6.45, 7) is 1.67. The molecule has 2 heterocycles. The summed E-state index contributed by atoms with van der Waals surface area (Å²) in [6, 6.07) is 15.7. The maximum Gasteiger partial charge on any atom is 0.431 e. The fourth-order valence-electron chi connectivity index (χ4n) is 8.61. The van der Waals surface area contributed by atoms with Gasteiger partial charge in [-0.25, -0.2) is 22.6 Å². The molecular weight excluding hydrogens is 556 g/mol. The summed E-state index contributed by atoms with van der Waals surface area (Å²) in [5.41, 5.74) is 1.85. The van der Waals surface area contributed by atoms with Crippen molar-refractivity contribution >= 4 is 33.2 Å². The molecule has 4 saturated carbocycles. The van der Waals surface area contributed by atoms with Crippen molar-refractivity contribution in [3.8, 4) is 0 Å². The van der Waals surface area contributed by atoms with Gasteiger partial charge in [0, 0.05) is 31.4 Å². The molecule has 4 aliphatic carbocycles. The number of nitrogens with zero attached hydrogens (tertiary/aromatic N) is 3. The molecule has 11 heteroatoms. The summed E-state index contributed by atoms with van der Waals surface area (Å²) in [7, 11) is -3.27. The van der Waals surface area contributed by atoms with Crippen molar-refractivity contribution in [3.63, 3.8) is 0 Å². The molecule has 5 fully saturated rings. The largest absolute Gasteiger partial charge is 0.431 e. The van der Waals surface area contributed by atoms with E-state index in [0.29, 0.717) is 56.8 Å². The Morgan fingerprint density at radius 1 is 0.905 bits per heavy atom. The van der Waals surface area contributed by atoms with Crippen molar-refractivity contribution < 1.29 is 28.3 Å². The highest BCUT2D eigenvalue weighted by Gasteiger charge is 2.55. The number of rotatable bonds is 5. The first-order chi connectivity index (χ1) is 20.0. The molecular formula is C31H40N4O6S. The van der Waals surface area contributed by atoms with Crippen molar-refractivity contribution in [2.45, 2.75) is 62.2 Å². The molecule has 42 heavy (non-hydrogen) atoms. The van der Waals surface area contributed by atoms with E-state index in [-0.39, 0.29) is 6.04 Å². The number of carbonyl (C=O) groups excluding carboxylic acids is 1. The van der Waals surface area contributed by atoms with Gasteiger partial charge in [-0.1, -0.05) is 24.3 Å². The van der Waals surface area contributed by atoms with Crippen LogP contribution in [0.25, 0.3) is 0 Å². The minimum Gasteiger partial charge on any atom is -0.390 e. The van der Waals surface area contributed by atoms with Crippen LogP contribution in [0.1, 0.15) is 50.5 Å². The molecule has 5 atom stereocenters. The molecule has 0 radical (unpaired) electrons. The van der Waals surface area contributed by atoms with E-state index in [1.807, 2.05) is 48.5 Å². The lowest BCUT2D eigenvalue weighted by Gasteiger charge is -2.57. The van der Waals surface area contributed by atoms with E-state index < -0.39 is 27.3 Å². The molecule has 226 valence electrons. The zero-order valence-electron chi connectivity index (χ0n) is 24.0. The Morgan fingerprint density at radius 3 is 2.17 bits per heavy atom. The Kier molecular flexibility index (Phi) is 6.73. The summed E-state index contributed by atoms with van der Waals surface area (Å²) in [6.07, 6.45) is 6.04. The number of anilines is 3. The number of sulfonamides is 1. The highest BCUT2D eigenvalue weighted by Crippen LogP contribution is 2.55. The van der Waals surface area contributed by atoms with Crippen molar-refractivity contribution in [1.82, 2.24) is 9.62 Å². The van der Waals surface area contributed by atoms with Crippen LogP contribution in [0.3, 0.4) is 0 Å². The summed E-state index contributed by atoms with van der Waals surface area (Å²) in [5, 5.41) is 27.0. The molecule has 0 spiro atoms. The van der Waals surface area contributed by atoms with E-state index in [1.54, 1.807) is 5.06 Å². The van der Waals surface area contributed by atoms with Crippen LogP contribution >= 0.6 is 0 Å². The van der Waals surface area contributed by atoms with Gasteiger partial charge in [-0.3, -0.25) is 0 Å². The van der Waals surface area contributed by atoms with E-state index in [4.69, 9.17) is 4.84 Å². The molecule has 0 aromatic heterocycles. The van der Waals surface area contributed by atoms with Gasteiger partial charge in [-0.05, 0) is 92.5 Å². The second kappa shape index (κ2) is 10.1. The van der Waals surface area contributed by atoms with Gasteiger partial charge in [-0.2, -0.15) is 0 Å². The third-order valence-electron chi connectivity index (χ3n) is 10.4. The standard InChI is InChI=1S/C31H40N4O6S/c1-42(39,40)33-12-10-31(38,11-13-33)24-6-8-25(9-7-24)34-14-15-35(27-5-3-2-4-26(27)34)41-29(36)32-28-22-16-21-17-23(28)20-30(37,18-21)19-22/h2-9,21-23,28,37-38H,10-20H2,1H3,(H,32,36)/t21?,22-,23+,28?,30?. The highest BCUT2D eigenvalue weighted by atomic mass is 32.2. The summed E-state index contributed by atoms with van der Waals surface area (Å²) >= 11 is 0. The molecule has 1 saturated heterocycles. The van der Waals surface area contributed by atoms with Crippen LogP contribution in [0.4, 0.5) is 21.9 Å². The predicted octanol–water partition coefficient (Wildman–Crippen LogP) is 3.47. The predicted molar refractivity (Wildman–Crippen MR) is 159 cm³/mol. The van der Waals surface area contributed by atoms with Gasteiger partial charge < -0.3 is 25.3 Å². The molecule has 3 unspecified atom stereocenters. The van der Waals surface area contributed by atoms with Gasteiger partial charge in [0.15, 0.2) is 0 Å². The summed E-state index contributed by atoms with van der Waals surface area (Å²) in [5.74, 6) is 1.20. The molecule has 1 amide bonds. The molecule has 10 nitrogen and oxygen atoms in total. The van der Waals surface area contributed by atoms with E-state index in [1.165, 1.54) is 10.6 Å². The molecule has 6 aliphatic rings. The first kappa shape index (κ1) is 27.9. The number of fused-ring (bicyclic) bond motifs is 1. The van der Waals surface area contributed by atoms with E-state index in [2.05, 4.69) is 10.2 Å². The molecule has 3 N–H and O–H groups in total. The highest BCUT2D eigenvalue weighted by molar-refractivity contribution is 7.88. The molecule has 8 rings (SSSR count). The van der Waals surface area contributed by atoms with Crippen LogP contribution in [0.15, 0.2) is 48.5 Å². The van der Waals surface area contributed by atoms with E-state index in [9.17, 15) is 23.4 Å². The minimum atomic E-state index is -3.27. The number of hydroxylamine groups is 1. The fraction of sp³-hybridized carbons (Fsp3) is 0.581. The minimum absolute atomic E-state index is 0.0535. The third-order valence-corrected chi connectivity index (χ3v) is 11.7. The number of carbonyl (C=O) groups is 1. The quantitative estimate of drug-likeness (QED) is 0.480. The number of para-hydroxylation sites is 2. The Morgan fingerprint density at radius 2 is 1.55 bits per heavy atom. The Balaban J connectivity index is 1.02. The first-order valence-corrected chi connectivity index (χ1v) is 17.0. The zero-order chi connectivity index (χ0) is 29.3. The summed E-state index contributed by atoms with van der Waals surface area (Å²) in [4.78, 5) is 21.2. The molecule has 2 aromatic carbocycles. The van der Waals surface area contributed by atoms with Gasteiger partial charge >= 0.3 is 6.09 Å². The Bertz CT molecular complexity index is 1440. The van der Waals surface area contributed by atoms with Gasteiger partial charge in [0.1, 0.15) is 0 Å². The molecule has 2 aliphatic heterocycles. The van der Waals surface area contributed by atoms with E-state index in [0.717, 1.165) is 54.7 Å². The second-order valence-electron chi connectivity index (χ2n) is 13.2. The Labute approximate surface area is 247 Å². The maximum absolute atomic E-state index is 13.1. The molecule has 4 bridgehead atoms. The maximum atomic E-state index is 13.1. The number of hydrogen-bond donors (Lipinski definition) is 3. The number of piperidine rings is 1. The average Bonchev–Trinajstić information content (AvgIpc) is 2.94. The van der Waals surface area contributed by atoms with Gasteiger partial charge in [0.05, 0.1) is 35.4 Å². The number of amides is 1. The smallest absolute Gasteiger partial charge is 0.390 e. The van der Waals surface area contributed by atoms with Crippen LogP contribution in [-0.4, -0.2) is 73.1 Å². The second-order valence-corrected chi connectivity index (χ2v) is 15.2. The third kappa shape index (κ3) is 5.04. The lowest BCUT2D eigenvalue weighted by molar-refractivity contribution is -0.137. The Hall–Kier alpha value is -2.86. The van der Waals surface area contributed by atoms with Crippen molar-refractivity contribution in [1.29, 1.82) is 0 Å². The number of hydrogen-bond acceptors (Lipinski definition) is 8. The van der Waals surface area contributed by atoms with Crippen molar-refractivity contribution in [2.24, 2.45) is 17.8 Å². The fourth-order valence-corrected chi connectivity index (χ4v) is 9.45. The number of nitrogens with one attached hydrogen (secondary N) is 1. The normalized spacial score (nSPS) is 32.0. The van der Waals surface area contributed by atoms with Gasteiger partial charge in [0.25, 0.3) is 0 Å².